The second-order valence-corrected chi connectivity index (χ2v) is 7.15. The summed E-state index contributed by atoms with van der Waals surface area (Å²) in [5.41, 5.74) is 0. The minimum Gasteiger partial charge on any atom is -0.329 e. The van der Waals surface area contributed by atoms with Crippen molar-refractivity contribution in [2.24, 2.45) is 0 Å². The number of amides is 1. The third-order valence-corrected chi connectivity index (χ3v) is 4.82. The normalized spacial score (nSPS) is 10.3. The average Bonchev–Trinajstić information content (AvgIpc) is 2.99. The Bertz CT molecular complexity index is 533. The molecule has 0 aromatic carbocycles. The van der Waals surface area contributed by atoms with Gasteiger partial charge in [0, 0.05) is 11.4 Å². The maximum atomic E-state index is 12.3. The van der Waals surface area contributed by atoms with Gasteiger partial charge in [-0.2, -0.15) is 0 Å². The molecule has 2 nitrogen and oxygen atoms in total. The van der Waals surface area contributed by atoms with Crippen LogP contribution in [0.3, 0.4) is 0 Å². The number of carbonyl (C=O) groups excluding carboxylic acids is 1. The van der Waals surface area contributed by atoms with Crippen molar-refractivity contribution < 1.29 is 4.79 Å². The van der Waals surface area contributed by atoms with Crippen LogP contribution in [-0.4, -0.2) is 17.4 Å². The quantitative estimate of drug-likeness (QED) is 0.738. The molecule has 0 atom stereocenters. The molecule has 1 amide bonds. The highest BCUT2D eigenvalue weighted by atomic mass is 79.9. The highest BCUT2D eigenvalue weighted by Crippen LogP contribution is 2.24. The molecule has 0 unspecified atom stereocenters. The van der Waals surface area contributed by atoms with E-state index in [1.807, 2.05) is 29.6 Å². The van der Waals surface area contributed by atoms with E-state index in [0.717, 1.165) is 8.66 Å². The lowest BCUT2D eigenvalue weighted by atomic mass is 10.3. The van der Waals surface area contributed by atoms with E-state index in [1.54, 1.807) is 22.3 Å². The van der Waals surface area contributed by atoms with Crippen LogP contribution in [0.1, 0.15) is 14.5 Å². The first-order valence-corrected chi connectivity index (χ1v) is 7.87. The SMILES string of the molecule is C=CCN(Cc1cccs1)C(=O)c1ccc(Br)s1. The van der Waals surface area contributed by atoms with Gasteiger partial charge in [-0.1, -0.05) is 12.1 Å². The Morgan fingerprint density at radius 1 is 1.44 bits per heavy atom. The predicted octanol–water partition coefficient (Wildman–Crippen LogP) is 4.40. The molecule has 2 aromatic heterocycles. The smallest absolute Gasteiger partial charge is 0.264 e. The highest BCUT2D eigenvalue weighted by molar-refractivity contribution is 9.11. The number of carbonyl (C=O) groups is 1. The second kappa shape index (κ2) is 6.31. The molecule has 2 rings (SSSR count). The van der Waals surface area contributed by atoms with Gasteiger partial charge in [-0.25, -0.2) is 0 Å². The predicted molar refractivity (Wildman–Crippen MR) is 81.3 cm³/mol. The molecular weight excluding hydrogens is 330 g/mol. The Hall–Kier alpha value is -0.910. The Morgan fingerprint density at radius 2 is 2.28 bits per heavy atom. The Kier molecular flexibility index (Phi) is 4.74. The van der Waals surface area contributed by atoms with Gasteiger partial charge in [0.15, 0.2) is 0 Å². The van der Waals surface area contributed by atoms with E-state index in [2.05, 4.69) is 22.5 Å². The number of halogens is 1. The fourth-order valence-corrected chi connectivity index (χ4v) is 3.62. The summed E-state index contributed by atoms with van der Waals surface area (Å²) in [5.74, 6) is 0.0546. The van der Waals surface area contributed by atoms with Crippen LogP contribution in [0.5, 0.6) is 0 Å². The molecule has 0 N–H and O–H groups in total. The van der Waals surface area contributed by atoms with Gasteiger partial charge in [0.05, 0.1) is 15.2 Å². The van der Waals surface area contributed by atoms with E-state index in [4.69, 9.17) is 0 Å². The summed E-state index contributed by atoms with van der Waals surface area (Å²) in [4.78, 5) is 16.1. The summed E-state index contributed by atoms with van der Waals surface area (Å²) in [5, 5.41) is 2.02. The lowest BCUT2D eigenvalue weighted by Crippen LogP contribution is -2.29. The molecule has 0 radical (unpaired) electrons. The van der Waals surface area contributed by atoms with Crippen molar-refractivity contribution in [3.05, 3.63) is 55.8 Å². The van der Waals surface area contributed by atoms with E-state index in [1.165, 1.54) is 16.2 Å². The fraction of sp³-hybridized carbons (Fsp3) is 0.154. The van der Waals surface area contributed by atoms with Crippen LogP contribution in [0.25, 0.3) is 0 Å². The topological polar surface area (TPSA) is 20.3 Å². The zero-order valence-electron chi connectivity index (χ0n) is 9.64. The van der Waals surface area contributed by atoms with Crippen molar-refractivity contribution in [2.45, 2.75) is 6.54 Å². The molecule has 0 aliphatic carbocycles. The van der Waals surface area contributed by atoms with Crippen molar-refractivity contribution in [2.75, 3.05) is 6.54 Å². The van der Waals surface area contributed by atoms with Gasteiger partial charge in [-0.15, -0.1) is 29.3 Å². The number of hydrogen-bond acceptors (Lipinski definition) is 3. The molecule has 0 saturated carbocycles. The van der Waals surface area contributed by atoms with E-state index >= 15 is 0 Å². The summed E-state index contributed by atoms with van der Waals surface area (Å²) in [7, 11) is 0. The Morgan fingerprint density at radius 3 is 2.83 bits per heavy atom. The fourth-order valence-electron chi connectivity index (χ4n) is 1.55. The van der Waals surface area contributed by atoms with Crippen molar-refractivity contribution in [1.82, 2.24) is 4.90 Å². The van der Waals surface area contributed by atoms with Gasteiger partial charge in [0.2, 0.25) is 0 Å². The van der Waals surface area contributed by atoms with Crippen LogP contribution in [0.2, 0.25) is 0 Å². The van der Waals surface area contributed by atoms with Gasteiger partial charge in [0.25, 0.3) is 5.91 Å². The van der Waals surface area contributed by atoms with E-state index in [0.29, 0.717) is 13.1 Å². The van der Waals surface area contributed by atoms with Crippen molar-refractivity contribution in [3.8, 4) is 0 Å². The van der Waals surface area contributed by atoms with Gasteiger partial charge < -0.3 is 4.90 Å². The first kappa shape index (κ1) is 13.5. The van der Waals surface area contributed by atoms with Crippen molar-refractivity contribution >= 4 is 44.5 Å². The molecule has 0 fully saturated rings. The summed E-state index contributed by atoms with van der Waals surface area (Å²) in [6, 6.07) is 7.79. The maximum Gasteiger partial charge on any atom is 0.264 e. The zero-order chi connectivity index (χ0) is 13.0. The van der Waals surface area contributed by atoms with Crippen molar-refractivity contribution in [3.63, 3.8) is 0 Å². The molecule has 2 aromatic rings. The van der Waals surface area contributed by atoms with Gasteiger partial charge in [0.1, 0.15) is 0 Å². The summed E-state index contributed by atoms with van der Waals surface area (Å²) in [6.07, 6.45) is 1.76. The number of hydrogen-bond donors (Lipinski definition) is 0. The van der Waals surface area contributed by atoms with Crippen LogP contribution < -0.4 is 0 Å². The van der Waals surface area contributed by atoms with E-state index < -0.39 is 0 Å². The number of rotatable bonds is 5. The van der Waals surface area contributed by atoms with Gasteiger partial charge in [-0.05, 0) is 39.5 Å². The minimum absolute atomic E-state index is 0.0546. The zero-order valence-corrected chi connectivity index (χ0v) is 12.9. The first-order chi connectivity index (χ1) is 8.70. The molecule has 0 aliphatic heterocycles. The number of thiophene rings is 2. The minimum atomic E-state index is 0.0546. The molecule has 94 valence electrons. The average molecular weight is 342 g/mol. The molecule has 0 spiro atoms. The third-order valence-electron chi connectivity index (χ3n) is 2.35. The molecule has 2 heterocycles. The molecular formula is C13H12BrNOS2. The third kappa shape index (κ3) is 3.31. The molecule has 0 saturated heterocycles. The lowest BCUT2D eigenvalue weighted by Gasteiger charge is -2.19. The summed E-state index contributed by atoms with van der Waals surface area (Å²) < 4.78 is 0.973. The monoisotopic (exact) mass is 341 g/mol. The van der Waals surface area contributed by atoms with Crippen LogP contribution in [0.4, 0.5) is 0 Å². The van der Waals surface area contributed by atoms with Crippen LogP contribution >= 0.6 is 38.6 Å². The second-order valence-electron chi connectivity index (χ2n) is 3.66. The van der Waals surface area contributed by atoms with Crippen molar-refractivity contribution in [1.29, 1.82) is 0 Å². The molecule has 18 heavy (non-hydrogen) atoms. The van der Waals surface area contributed by atoms with Crippen LogP contribution in [-0.2, 0) is 6.54 Å². The number of nitrogens with zero attached hydrogens (tertiary/aromatic N) is 1. The van der Waals surface area contributed by atoms with Crippen LogP contribution in [0.15, 0.2) is 46.1 Å². The standard InChI is InChI=1S/C13H12BrNOS2/c1-2-7-15(9-10-4-3-8-17-10)13(16)11-5-6-12(14)18-11/h2-6,8H,1,7,9H2. The van der Waals surface area contributed by atoms with Gasteiger partial charge >= 0.3 is 0 Å². The van der Waals surface area contributed by atoms with Gasteiger partial charge in [-0.3, -0.25) is 4.79 Å². The lowest BCUT2D eigenvalue weighted by molar-refractivity contribution is 0.0769. The van der Waals surface area contributed by atoms with E-state index in [-0.39, 0.29) is 5.91 Å². The molecule has 0 bridgehead atoms. The first-order valence-electron chi connectivity index (χ1n) is 5.38. The summed E-state index contributed by atoms with van der Waals surface area (Å²) >= 11 is 6.50. The largest absolute Gasteiger partial charge is 0.329 e. The molecule has 5 heteroatoms. The Balaban J connectivity index is 2.14. The van der Waals surface area contributed by atoms with Crippen LogP contribution in [0, 0.1) is 0 Å². The summed E-state index contributed by atoms with van der Waals surface area (Å²) in [6.45, 7) is 4.91. The maximum absolute atomic E-state index is 12.3. The van der Waals surface area contributed by atoms with E-state index in [9.17, 15) is 4.79 Å². The Labute approximate surface area is 123 Å². The highest BCUT2D eigenvalue weighted by Gasteiger charge is 2.17. The molecule has 0 aliphatic rings.